The molecule has 0 atom stereocenters. The van der Waals surface area contributed by atoms with Crippen molar-refractivity contribution in [3.63, 3.8) is 0 Å². The first-order valence-corrected chi connectivity index (χ1v) is 7.46. The quantitative estimate of drug-likeness (QED) is 0.624. The van der Waals surface area contributed by atoms with E-state index in [2.05, 4.69) is 27.9 Å². The van der Waals surface area contributed by atoms with Crippen molar-refractivity contribution in [1.29, 1.82) is 0 Å². The summed E-state index contributed by atoms with van der Waals surface area (Å²) in [5.41, 5.74) is 1.02. The van der Waals surface area contributed by atoms with Gasteiger partial charge in [0.25, 0.3) is 0 Å². The molecule has 0 fully saturated rings. The van der Waals surface area contributed by atoms with Gasteiger partial charge in [-0.25, -0.2) is 9.69 Å². The predicted molar refractivity (Wildman–Crippen MR) is 89.3 cm³/mol. The van der Waals surface area contributed by atoms with Gasteiger partial charge in [-0.05, 0) is 52.9 Å². The second-order valence-electron chi connectivity index (χ2n) is 4.45. The van der Waals surface area contributed by atoms with Crippen molar-refractivity contribution in [3.05, 3.63) is 46.0 Å². The Hall–Kier alpha value is -2.29. The first-order valence-electron chi connectivity index (χ1n) is 6.38. The van der Waals surface area contributed by atoms with Gasteiger partial charge < -0.3 is 14.8 Å². The highest BCUT2D eigenvalue weighted by atomic mass is 127. The average Bonchev–Trinajstić information content (AvgIpc) is 2.95. The fourth-order valence-electron chi connectivity index (χ4n) is 2.01. The average molecular weight is 410 g/mol. The van der Waals surface area contributed by atoms with Crippen LogP contribution in [-0.4, -0.2) is 19.2 Å². The molecule has 1 heterocycles. The highest BCUT2D eigenvalue weighted by Gasteiger charge is 2.20. The second-order valence-corrected chi connectivity index (χ2v) is 5.70. The Labute approximate surface area is 140 Å². The molecule has 2 aromatic carbocycles. The molecule has 7 heteroatoms. The van der Waals surface area contributed by atoms with Gasteiger partial charge in [0.05, 0.1) is 5.69 Å². The number of urea groups is 1. The van der Waals surface area contributed by atoms with Crippen LogP contribution in [0.25, 0.3) is 0 Å². The first-order chi connectivity index (χ1) is 10.7. The Balaban J connectivity index is 1.81. The molecule has 0 aliphatic carbocycles. The number of amides is 3. The Morgan fingerprint density at radius 3 is 2.77 bits per heavy atom. The van der Waals surface area contributed by atoms with Crippen LogP contribution >= 0.6 is 22.6 Å². The van der Waals surface area contributed by atoms with Crippen LogP contribution < -0.4 is 19.7 Å². The molecule has 22 heavy (non-hydrogen) atoms. The van der Waals surface area contributed by atoms with Crippen LogP contribution in [0.3, 0.4) is 0 Å². The molecule has 0 aromatic heterocycles. The molecule has 0 radical (unpaired) electrons. The lowest BCUT2D eigenvalue weighted by molar-refractivity contribution is -0.106. The van der Waals surface area contributed by atoms with E-state index < -0.39 is 6.03 Å². The monoisotopic (exact) mass is 410 g/mol. The summed E-state index contributed by atoms with van der Waals surface area (Å²) in [5.74, 6) is 1.10. The lowest BCUT2D eigenvalue weighted by Gasteiger charge is -2.17. The molecule has 0 spiro atoms. The van der Waals surface area contributed by atoms with Crippen LogP contribution in [0.2, 0.25) is 0 Å². The van der Waals surface area contributed by atoms with Crippen molar-refractivity contribution < 1.29 is 19.1 Å². The van der Waals surface area contributed by atoms with Crippen LogP contribution in [0, 0.1) is 3.57 Å². The third-order valence-corrected chi connectivity index (χ3v) is 3.71. The number of carbonyl (C=O) groups is 2. The number of benzene rings is 2. The smallest absolute Gasteiger partial charge is 0.332 e. The minimum atomic E-state index is -0.545. The third kappa shape index (κ3) is 2.98. The molecule has 2 aromatic rings. The van der Waals surface area contributed by atoms with Crippen molar-refractivity contribution in [2.24, 2.45) is 0 Å². The van der Waals surface area contributed by atoms with Crippen LogP contribution in [0.5, 0.6) is 11.5 Å². The van der Waals surface area contributed by atoms with E-state index in [4.69, 9.17) is 9.47 Å². The molecule has 0 unspecified atom stereocenters. The van der Waals surface area contributed by atoms with Gasteiger partial charge in [-0.15, -0.1) is 0 Å². The van der Waals surface area contributed by atoms with E-state index in [-0.39, 0.29) is 6.79 Å². The normalized spacial score (nSPS) is 11.9. The Kier molecular flexibility index (Phi) is 4.14. The lowest BCUT2D eigenvalue weighted by Crippen LogP contribution is -2.33. The maximum Gasteiger partial charge on any atom is 0.332 e. The molecular weight excluding hydrogens is 399 g/mol. The standard InChI is InChI=1S/C15H11IN2O4/c16-10-2-1-3-11(6-10)17-15(20)18(8-19)12-4-5-13-14(7-12)22-9-21-13/h1-8H,9H2,(H,17,20). The molecule has 6 nitrogen and oxygen atoms in total. The van der Waals surface area contributed by atoms with E-state index in [9.17, 15) is 9.59 Å². The molecule has 3 rings (SSSR count). The zero-order valence-electron chi connectivity index (χ0n) is 11.3. The molecular formula is C15H11IN2O4. The van der Waals surface area contributed by atoms with Gasteiger partial charge in [-0.1, -0.05) is 6.07 Å². The maximum atomic E-state index is 12.3. The highest BCUT2D eigenvalue weighted by Crippen LogP contribution is 2.35. The Morgan fingerprint density at radius 1 is 1.18 bits per heavy atom. The van der Waals surface area contributed by atoms with Gasteiger partial charge in [-0.2, -0.15) is 0 Å². The van der Waals surface area contributed by atoms with Gasteiger partial charge in [0, 0.05) is 15.3 Å². The maximum absolute atomic E-state index is 12.3. The number of halogens is 1. The van der Waals surface area contributed by atoms with E-state index in [1.807, 2.05) is 12.1 Å². The Morgan fingerprint density at radius 2 is 2.00 bits per heavy atom. The van der Waals surface area contributed by atoms with E-state index in [0.29, 0.717) is 29.3 Å². The first kappa shape index (κ1) is 14.6. The second kappa shape index (κ2) is 6.22. The number of fused-ring (bicyclic) bond motifs is 1. The molecule has 112 valence electrons. The van der Waals surface area contributed by atoms with Crippen molar-refractivity contribution in [3.8, 4) is 11.5 Å². The van der Waals surface area contributed by atoms with Gasteiger partial charge in [0.2, 0.25) is 13.2 Å². The van der Waals surface area contributed by atoms with Crippen molar-refractivity contribution in [2.45, 2.75) is 0 Å². The fourth-order valence-corrected chi connectivity index (χ4v) is 2.55. The fraction of sp³-hybridized carbons (Fsp3) is 0.0667. The van der Waals surface area contributed by atoms with Gasteiger partial charge >= 0.3 is 6.03 Å². The summed E-state index contributed by atoms with van der Waals surface area (Å²) in [7, 11) is 0. The summed E-state index contributed by atoms with van der Waals surface area (Å²) in [6, 6.07) is 11.6. The van der Waals surface area contributed by atoms with E-state index >= 15 is 0 Å². The number of carbonyl (C=O) groups excluding carboxylic acids is 2. The van der Waals surface area contributed by atoms with Crippen LogP contribution in [0.1, 0.15) is 0 Å². The number of rotatable bonds is 3. The van der Waals surface area contributed by atoms with E-state index in [1.54, 1.807) is 30.3 Å². The zero-order chi connectivity index (χ0) is 15.5. The number of hydrogen-bond acceptors (Lipinski definition) is 4. The molecule has 1 aliphatic rings. The van der Waals surface area contributed by atoms with Crippen molar-refractivity contribution in [1.82, 2.24) is 0 Å². The molecule has 3 amide bonds. The molecule has 0 bridgehead atoms. The number of nitrogens with zero attached hydrogens (tertiary/aromatic N) is 1. The SMILES string of the molecule is O=CN(C(=O)Nc1cccc(I)c1)c1ccc2c(c1)OCO2. The summed E-state index contributed by atoms with van der Waals surface area (Å²) in [4.78, 5) is 24.5. The topological polar surface area (TPSA) is 67.9 Å². The van der Waals surface area contributed by atoms with Crippen molar-refractivity contribution in [2.75, 3.05) is 17.0 Å². The molecule has 1 N–H and O–H groups in total. The summed E-state index contributed by atoms with van der Waals surface area (Å²) in [5, 5.41) is 2.68. The van der Waals surface area contributed by atoms with Gasteiger partial charge in [0.15, 0.2) is 11.5 Å². The minimum absolute atomic E-state index is 0.133. The minimum Gasteiger partial charge on any atom is -0.454 e. The summed E-state index contributed by atoms with van der Waals surface area (Å²) in [6.45, 7) is 0.133. The number of anilines is 2. The molecule has 0 saturated carbocycles. The zero-order valence-corrected chi connectivity index (χ0v) is 13.4. The number of nitrogens with one attached hydrogen (secondary N) is 1. The van der Waals surface area contributed by atoms with E-state index in [1.165, 1.54) is 0 Å². The van der Waals surface area contributed by atoms with Crippen molar-refractivity contribution >= 4 is 46.4 Å². The summed E-state index contributed by atoms with van der Waals surface area (Å²) >= 11 is 2.15. The van der Waals surface area contributed by atoms with Gasteiger partial charge in [-0.3, -0.25) is 4.79 Å². The molecule has 0 saturated heterocycles. The number of ether oxygens (including phenoxy) is 2. The summed E-state index contributed by atoms with van der Waals surface area (Å²) < 4.78 is 11.4. The third-order valence-electron chi connectivity index (χ3n) is 3.03. The van der Waals surface area contributed by atoms with E-state index in [0.717, 1.165) is 8.47 Å². The number of hydrogen-bond donors (Lipinski definition) is 1. The molecule has 1 aliphatic heterocycles. The Bertz CT molecular complexity index is 735. The number of imide groups is 1. The lowest BCUT2D eigenvalue weighted by atomic mass is 10.2. The van der Waals surface area contributed by atoms with Gasteiger partial charge in [0.1, 0.15) is 0 Å². The predicted octanol–water partition coefficient (Wildman–Crippen LogP) is 3.21. The summed E-state index contributed by atoms with van der Waals surface area (Å²) in [6.07, 6.45) is 0.459. The largest absolute Gasteiger partial charge is 0.454 e. The van der Waals surface area contributed by atoms with Crippen LogP contribution in [0.4, 0.5) is 16.2 Å². The highest BCUT2D eigenvalue weighted by molar-refractivity contribution is 14.1. The van der Waals surface area contributed by atoms with Crippen LogP contribution in [-0.2, 0) is 4.79 Å². The van der Waals surface area contributed by atoms with Crippen LogP contribution in [0.15, 0.2) is 42.5 Å².